The summed E-state index contributed by atoms with van der Waals surface area (Å²) in [6.07, 6.45) is 1.55. The number of thiazole rings is 1. The summed E-state index contributed by atoms with van der Waals surface area (Å²) in [4.78, 5) is 16.7. The highest BCUT2D eigenvalue weighted by atomic mass is 79.9. The number of thioether (sulfide) groups is 1. The molecule has 3 aromatic rings. The minimum absolute atomic E-state index is 0.210. The molecular weight excluding hydrogens is 522 g/mol. The third-order valence-corrected chi connectivity index (χ3v) is 6.75. The molecule has 162 valence electrons. The van der Waals surface area contributed by atoms with Crippen molar-refractivity contribution >= 4 is 62.8 Å². The maximum absolute atomic E-state index is 12.1. The number of amides is 1. The summed E-state index contributed by atoms with van der Waals surface area (Å²) in [6, 6.07) is 11.1. The number of rotatable bonds is 9. The van der Waals surface area contributed by atoms with Crippen molar-refractivity contribution in [2.75, 3.05) is 19.5 Å². The molecule has 0 aliphatic heterocycles. The molecule has 0 unspecified atom stereocenters. The molecule has 0 aliphatic rings. The van der Waals surface area contributed by atoms with Gasteiger partial charge in [0.15, 0.2) is 15.8 Å². The molecule has 0 aliphatic carbocycles. The molecule has 0 bridgehead atoms. The molecule has 0 saturated carbocycles. The van der Waals surface area contributed by atoms with Gasteiger partial charge < -0.3 is 9.47 Å². The van der Waals surface area contributed by atoms with Gasteiger partial charge in [0.2, 0.25) is 0 Å². The second kappa shape index (κ2) is 11.5. The number of hydrazone groups is 1. The summed E-state index contributed by atoms with van der Waals surface area (Å²) < 4.78 is 12.5. The van der Waals surface area contributed by atoms with E-state index < -0.39 is 0 Å². The van der Waals surface area contributed by atoms with Crippen molar-refractivity contribution in [3.63, 3.8) is 0 Å². The maximum atomic E-state index is 12.1. The molecule has 3 rings (SSSR count). The zero-order valence-electron chi connectivity index (χ0n) is 16.7. The van der Waals surface area contributed by atoms with Crippen molar-refractivity contribution in [3.8, 4) is 22.8 Å². The van der Waals surface area contributed by atoms with Crippen LogP contribution in [0.3, 0.4) is 0 Å². The van der Waals surface area contributed by atoms with E-state index in [-0.39, 0.29) is 11.7 Å². The first-order chi connectivity index (χ1) is 15.0. The monoisotopic (exact) mass is 539 g/mol. The standard InChI is InChI=1S/C21H19BrClN3O3S2/c1-3-29-18-9-13(8-16(22)20(18)28-2)10-24-26-19(27)12-31-21-25-17(11-30-21)14-4-6-15(23)7-5-14/h4-11H,3,12H2,1-2H3,(H,26,27)/b24-10+. The zero-order chi connectivity index (χ0) is 22.2. The number of nitrogens with zero attached hydrogens (tertiary/aromatic N) is 2. The lowest BCUT2D eigenvalue weighted by molar-refractivity contribution is -0.118. The van der Waals surface area contributed by atoms with Gasteiger partial charge in [-0.25, -0.2) is 10.4 Å². The predicted octanol–water partition coefficient (Wildman–Crippen LogP) is 5.88. The van der Waals surface area contributed by atoms with Crippen LogP contribution in [0.1, 0.15) is 12.5 Å². The Balaban J connectivity index is 1.54. The quantitative estimate of drug-likeness (QED) is 0.209. The van der Waals surface area contributed by atoms with Crippen molar-refractivity contribution in [2.45, 2.75) is 11.3 Å². The summed E-state index contributed by atoms with van der Waals surface area (Å²) in [5, 5.41) is 6.67. The van der Waals surface area contributed by atoms with Gasteiger partial charge in [0.1, 0.15) is 0 Å². The average Bonchev–Trinajstić information content (AvgIpc) is 3.22. The second-order valence-corrected chi connectivity index (χ2v) is 9.43. The normalized spacial score (nSPS) is 11.0. The van der Waals surface area contributed by atoms with Gasteiger partial charge in [-0.3, -0.25) is 4.79 Å². The first-order valence-electron chi connectivity index (χ1n) is 9.16. The fraction of sp³-hybridized carbons (Fsp3) is 0.190. The van der Waals surface area contributed by atoms with Crippen molar-refractivity contribution in [1.29, 1.82) is 0 Å². The largest absolute Gasteiger partial charge is 0.492 e. The van der Waals surface area contributed by atoms with Gasteiger partial charge in [0.25, 0.3) is 5.91 Å². The van der Waals surface area contributed by atoms with E-state index in [9.17, 15) is 4.79 Å². The number of hydrogen-bond acceptors (Lipinski definition) is 7. The van der Waals surface area contributed by atoms with E-state index in [4.69, 9.17) is 21.1 Å². The zero-order valence-corrected chi connectivity index (χ0v) is 20.7. The highest BCUT2D eigenvalue weighted by Crippen LogP contribution is 2.36. The third-order valence-electron chi connectivity index (χ3n) is 3.89. The fourth-order valence-electron chi connectivity index (χ4n) is 2.54. The Labute approximate surface area is 202 Å². The van der Waals surface area contributed by atoms with Crippen LogP contribution in [0.2, 0.25) is 5.02 Å². The van der Waals surface area contributed by atoms with E-state index >= 15 is 0 Å². The number of halogens is 2. The SMILES string of the molecule is CCOc1cc(/C=N/NC(=O)CSc2nc(-c3ccc(Cl)cc3)cs2)cc(Br)c1OC. The Morgan fingerprint density at radius 1 is 1.35 bits per heavy atom. The summed E-state index contributed by atoms with van der Waals surface area (Å²) in [6.45, 7) is 2.40. The highest BCUT2D eigenvalue weighted by molar-refractivity contribution is 9.10. The van der Waals surface area contributed by atoms with Crippen LogP contribution >= 0.6 is 50.6 Å². The Morgan fingerprint density at radius 3 is 2.84 bits per heavy atom. The molecule has 10 heteroatoms. The van der Waals surface area contributed by atoms with Gasteiger partial charge >= 0.3 is 0 Å². The van der Waals surface area contributed by atoms with Crippen molar-refractivity contribution < 1.29 is 14.3 Å². The van der Waals surface area contributed by atoms with Gasteiger partial charge in [0, 0.05) is 16.0 Å². The molecule has 1 N–H and O–H groups in total. The second-order valence-electron chi connectivity index (χ2n) is 6.05. The van der Waals surface area contributed by atoms with Crippen LogP contribution in [0.15, 0.2) is 55.7 Å². The third kappa shape index (κ3) is 6.70. The van der Waals surface area contributed by atoms with E-state index in [0.29, 0.717) is 23.1 Å². The summed E-state index contributed by atoms with van der Waals surface area (Å²) in [7, 11) is 1.58. The summed E-state index contributed by atoms with van der Waals surface area (Å²) in [5.41, 5.74) is 5.13. The Hall–Kier alpha value is -2.07. The molecule has 0 spiro atoms. The fourth-order valence-corrected chi connectivity index (χ4v) is 4.91. The van der Waals surface area contributed by atoms with E-state index in [2.05, 4.69) is 31.4 Å². The number of carbonyl (C=O) groups is 1. The molecular formula is C21H19BrClN3O3S2. The Bertz CT molecular complexity index is 1070. The molecule has 1 heterocycles. The van der Waals surface area contributed by atoms with Crippen LogP contribution in [0.4, 0.5) is 0 Å². The van der Waals surface area contributed by atoms with E-state index in [1.165, 1.54) is 23.1 Å². The number of aromatic nitrogens is 1. The van der Waals surface area contributed by atoms with Crippen LogP contribution in [0.25, 0.3) is 11.3 Å². The molecule has 1 amide bonds. The lowest BCUT2D eigenvalue weighted by Crippen LogP contribution is -2.19. The molecule has 31 heavy (non-hydrogen) atoms. The van der Waals surface area contributed by atoms with Crippen LogP contribution in [0, 0.1) is 0 Å². The molecule has 2 aromatic carbocycles. The van der Waals surface area contributed by atoms with Crippen LogP contribution in [-0.2, 0) is 4.79 Å². The first-order valence-corrected chi connectivity index (χ1v) is 12.2. The number of ether oxygens (including phenoxy) is 2. The minimum atomic E-state index is -0.220. The molecule has 1 aromatic heterocycles. The molecule has 0 fully saturated rings. The molecule has 0 radical (unpaired) electrons. The van der Waals surface area contributed by atoms with Gasteiger partial charge in [-0.1, -0.05) is 35.5 Å². The van der Waals surface area contributed by atoms with Crippen LogP contribution < -0.4 is 14.9 Å². The molecule has 0 atom stereocenters. The predicted molar refractivity (Wildman–Crippen MR) is 131 cm³/mol. The molecule has 6 nitrogen and oxygen atoms in total. The van der Waals surface area contributed by atoms with Crippen LogP contribution in [-0.4, -0.2) is 36.6 Å². The number of methoxy groups -OCH3 is 1. The van der Waals surface area contributed by atoms with E-state index in [0.717, 1.165) is 25.6 Å². The van der Waals surface area contributed by atoms with Gasteiger partial charge in [-0.15, -0.1) is 11.3 Å². The number of carbonyl (C=O) groups excluding carboxylic acids is 1. The lowest BCUT2D eigenvalue weighted by Gasteiger charge is -2.11. The number of hydrogen-bond donors (Lipinski definition) is 1. The topological polar surface area (TPSA) is 72.8 Å². The lowest BCUT2D eigenvalue weighted by atomic mass is 10.2. The van der Waals surface area contributed by atoms with Crippen molar-refractivity contribution in [2.24, 2.45) is 5.10 Å². The van der Waals surface area contributed by atoms with E-state index in [1.807, 2.05) is 42.6 Å². The van der Waals surface area contributed by atoms with Crippen molar-refractivity contribution in [1.82, 2.24) is 10.4 Å². The van der Waals surface area contributed by atoms with Gasteiger partial charge in [-0.2, -0.15) is 5.10 Å². The summed E-state index contributed by atoms with van der Waals surface area (Å²) in [5.74, 6) is 1.20. The maximum Gasteiger partial charge on any atom is 0.250 e. The molecule has 0 saturated heterocycles. The number of nitrogens with one attached hydrogen (secondary N) is 1. The first kappa shape index (κ1) is 23.6. The Morgan fingerprint density at radius 2 is 2.13 bits per heavy atom. The van der Waals surface area contributed by atoms with Crippen LogP contribution in [0.5, 0.6) is 11.5 Å². The van der Waals surface area contributed by atoms with E-state index in [1.54, 1.807) is 19.4 Å². The number of benzene rings is 2. The summed E-state index contributed by atoms with van der Waals surface area (Å²) >= 11 is 12.2. The van der Waals surface area contributed by atoms with Gasteiger partial charge in [-0.05, 0) is 52.7 Å². The smallest absolute Gasteiger partial charge is 0.250 e. The minimum Gasteiger partial charge on any atom is -0.492 e. The van der Waals surface area contributed by atoms with Gasteiger partial charge in [0.05, 0.1) is 35.9 Å². The Kier molecular flexibility index (Phi) is 8.77. The highest BCUT2D eigenvalue weighted by Gasteiger charge is 2.11. The van der Waals surface area contributed by atoms with Crippen molar-refractivity contribution in [3.05, 3.63) is 56.8 Å². The average molecular weight is 541 g/mol.